The van der Waals surface area contributed by atoms with E-state index in [2.05, 4.69) is 10.3 Å². The number of amides is 1. The molecule has 3 aromatic rings. The molecule has 0 radical (unpaired) electrons. The van der Waals surface area contributed by atoms with Gasteiger partial charge in [0.25, 0.3) is 5.91 Å². The molecule has 1 heterocycles. The van der Waals surface area contributed by atoms with E-state index in [1.54, 1.807) is 17.4 Å². The van der Waals surface area contributed by atoms with Crippen LogP contribution in [0.1, 0.15) is 27.4 Å². The van der Waals surface area contributed by atoms with Crippen molar-refractivity contribution in [3.8, 4) is 11.8 Å². The second-order valence-electron chi connectivity index (χ2n) is 6.61. The maximum atomic E-state index is 12.5. The predicted octanol–water partition coefficient (Wildman–Crippen LogP) is 5.19. The van der Waals surface area contributed by atoms with E-state index in [1.165, 1.54) is 0 Å². The van der Waals surface area contributed by atoms with Crippen LogP contribution >= 0.6 is 11.3 Å². The normalized spacial score (nSPS) is 11.0. The third-order valence-electron chi connectivity index (χ3n) is 4.33. The summed E-state index contributed by atoms with van der Waals surface area (Å²) in [4.78, 5) is 16.9. The standard InChI is InChI=1S/C23H21N3O2S/c1-15-5-4-6-16(2)22(15)26-23(27)19(12-24)11-18-7-9-21(10-8-18)28-13-20-14-29-17(3)25-20/h4-11,14H,13H2,1-3H3,(H,26,27)/b19-11+. The molecule has 146 valence electrons. The summed E-state index contributed by atoms with van der Waals surface area (Å²) in [7, 11) is 0. The Labute approximate surface area is 174 Å². The largest absolute Gasteiger partial charge is 0.487 e. The molecule has 3 rings (SSSR count). The van der Waals surface area contributed by atoms with E-state index in [9.17, 15) is 10.1 Å². The lowest BCUT2D eigenvalue weighted by molar-refractivity contribution is -0.112. The van der Waals surface area contributed by atoms with Crippen molar-refractivity contribution in [1.29, 1.82) is 5.26 Å². The van der Waals surface area contributed by atoms with E-state index in [0.717, 1.165) is 33.1 Å². The maximum Gasteiger partial charge on any atom is 0.266 e. The molecule has 0 fully saturated rings. The zero-order valence-electron chi connectivity index (χ0n) is 16.5. The van der Waals surface area contributed by atoms with Gasteiger partial charge in [0, 0.05) is 11.1 Å². The Balaban J connectivity index is 1.68. The van der Waals surface area contributed by atoms with Gasteiger partial charge in [0.1, 0.15) is 24.0 Å². The molecule has 0 atom stereocenters. The zero-order chi connectivity index (χ0) is 20.8. The van der Waals surface area contributed by atoms with Crippen molar-refractivity contribution in [2.24, 2.45) is 0 Å². The Kier molecular flexibility index (Phi) is 6.43. The topological polar surface area (TPSA) is 75.0 Å². The number of nitriles is 1. The summed E-state index contributed by atoms with van der Waals surface area (Å²) in [5.41, 5.74) is 4.32. The van der Waals surface area contributed by atoms with Gasteiger partial charge in [-0.3, -0.25) is 4.79 Å². The molecule has 0 saturated carbocycles. The molecule has 1 N–H and O–H groups in total. The van der Waals surface area contributed by atoms with Crippen LogP contribution in [0.25, 0.3) is 6.08 Å². The average Bonchev–Trinajstić information content (AvgIpc) is 3.13. The lowest BCUT2D eigenvalue weighted by atomic mass is 10.1. The van der Waals surface area contributed by atoms with Crippen molar-refractivity contribution in [2.45, 2.75) is 27.4 Å². The highest BCUT2D eigenvalue weighted by Gasteiger charge is 2.12. The Morgan fingerprint density at radius 1 is 1.17 bits per heavy atom. The second kappa shape index (κ2) is 9.18. The third kappa shape index (κ3) is 5.31. The lowest BCUT2D eigenvalue weighted by Crippen LogP contribution is -2.15. The van der Waals surface area contributed by atoms with Gasteiger partial charge in [0.05, 0.1) is 10.7 Å². The van der Waals surface area contributed by atoms with E-state index < -0.39 is 5.91 Å². The molecule has 0 spiro atoms. The van der Waals surface area contributed by atoms with Crippen LogP contribution in [0.4, 0.5) is 5.69 Å². The van der Waals surface area contributed by atoms with E-state index >= 15 is 0 Å². The molecule has 1 amide bonds. The summed E-state index contributed by atoms with van der Waals surface area (Å²) in [6.45, 7) is 6.20. The van der Waals surface area contributed by atoms with Crippen molar-refractivity contribution in [3.05, 3.63) is 80.8 Å². The van der Waals surface area contributed by atoms with Crippen LogP contribution in [0.5, 0.6) is 5.75 Å². The van der Waals surface area contributed by atoms with Gasteiger partial charge in [-0.2, -0.15) is 5.26 Å². The fraction of sp³-hybridized carbons (Fsp3) is 0.174. The quantitative estimate of drug-likeness (QED) is 0.454. The fourth-order valence-electron chi connectivity index (χ4n) is 2.80. The Morgan fingerprint density at radius 3 is 2.45 bits per heavy atom. The SMILES string of the molecule is Cc1nc(COc2ccc(/C=C(\C#N)C(=O)Nc3c(C)cccc3C)cc2)cs1. The maximum absolute atomic E-state index is 12.5. The highest BCUT2D eigenvalue weighted by molar-refractivity contribution is 7.09. The van der Waals surface area contributed by atoms with Crippen LogP contribution in [0, 0.1) is 32.1 Å². The minimum absolute atomic E-state index is 0.0410. The first kappa shape index (κ1) is 20.3. The number of hydrogen-bond acceptors (Lipinski definition) is 5. The number of thiazole rings is 1. The number of hydrogen-bond donors (Lipinski definition) is 1. The number of ether oxygens (including phenoxy) is 1. The number of benzene rings is 2. The van der Waals surface area contributed by atoms with E-state index in [1.807, 2.05) is 74.7 Å². The van der Waals surface area contributed by atoms with Gasteiger partial charge >= 0.3 is 0 Å². The van der Waals surface area contributed by atoms with Crippen LogP contribution in [0.15, 0.2) is 53.4 Å². The first-order chi connectivity index (χ1) is 14.0. The number of aryl methyl sites for hydroxylation is 3. The van der Waals surface area contributed by atoms with Gasteiger partial charge in [0.2, 0.25) is 0 Å². The van der Waals surface area contributed by atoms with Gasteiger partial charge in [-0.15, -0.1) is 11.3 Å². The average molecular weight is 404 g/mol. The van der Waals surface area contributed by atoms with E-state index in [0.29, 0.717) is 12.4 Å². The number of para-hydroxylation sites is 1. The minimum Gasteiger partial charge on any atom is -0.487 e. The van der Waals surface area contributed by atoms with Crippen molar-refractivity contribution in [3.63, 3.8) is 0 Å². The van der Waals surface area contributed by atoms with Gasteiger partial charge in [-0.1, -0.05) is 30.3 Å². The highest BCUT2D eigenvalue weighted by Crippen LogP contribution is 2.21. The molecule has 1 aromatic heterocycles. The first-order valence-corrected chi connectivity index (χ1v) is 9.97. The number of carbonyl (C=O) groups is 1. The molecule has 0 bridgehead atoms. The van der Waals surface area contributed by atoms with Crippen LogP contribution in [-0.4, -0.2) is 10.9 Å². The fourth-order valence-corrected chi connectivity index (χ4v) is 3.40. The molecule has 0 aliphatic rings. The number of aromatic nitrogens is 1. The molecule has 2 aromatic carbocycles. The predicted molar refractivity (Wildman–Crippen MR) is 116 cm³/mol. The van der Waals surface area contributed by atoms with Gasteiger partial charge in [0.15, 0.2) is 0 Å². The number of nitrogens with zero attached hydrogens (tertiary/aromatic N) is 2. The number of anilines is 1. The van der Waals surface area contributed by atoms with Gasteiger partial charge < -0.3 is 10.1 Å². The molecule has 0 aliphatic heterocycles. The Bertz CT molecular complexity index is 1070. The molecule has 29 heavy (non-hydrogen) atoms. The van der Waals surface area contributed by atoms with Gasteiger partial charge in [-0.25, -0.2) is 4.98 Å². The third-order valence-corrected chi connectivity index (χ3v) is 5.15. The van der Waals surface area contributed by atoms with E-state index in [4.69, 9.17) is 4.74 Å². The van der Waals surface area contributed by atoms with Crippen LogP contribution < -0.4 is 10.1 Å². The second-order valence-corrected chi connectivity index (χ2v) is 7.67. The zero-order valence-corrected chi connectivity index (χ0v) is 17.3. The van der Waals surface area contributed by atoms with Crippen LogP contribution in [0.3, 0.4) is 0 Å². The van der Waals surface area contributed by atoms with Crippen molar-refractivity contribution in [1.82, 2.24) is 4.98 Å². The number of nitrogens with one attached hydrogen (secondary N) is 1. The summed E-state index contributed by atoms with van der Waals surface area (Å²) in [5, 5.41) is 15.3. The molecule has 0 saturated heterocycles. The van der Waals surface area contributed by atoms with Crippen molar-refractivity contribution in [2.75, 3.05) is 5.32 Å². The van der Waals surface area contributed by atoms with Crippen molar-refractivity contribution < 1.29 is 9.53 Å². The Morgan fingerprint density at radius 2 is 1.86 bits per heavy atom. The molecular formula is C23H21N3O2S. The monoisotopic (exact) mass is 403 g/mol. The van der Waals surface area contributed by atoms with Crippen LogP contribution in [-0.2, 0) is 11.4 Å². The summed E-state index contributed by atoms with van der Waals surface area (Å²) in [6.07, 6.45) is 1.57. The highest BCUT2D eigenvalue weighted by atomic mass is 32.1. The minimum atomic E-state index is -0.427. The van der Waals surface area contributed by atoms with E-state index in [-0.39, 0.29) is 5.57 Å². The molecule has 0 aliphatic carbocycles. The van der Waals surface area contributed by atoms with Crippen LogP contribution in [0.2, 0.25) is 0 Å². The molecular weight excluding hydrogens is 382 g/mol. The first-order valence-electron chi connectivity index (χ1n) is 9.09. The summed E-state index contributed by atoms with van der Waals surface area (Å²) in [5.74, 6) is 0.274. The summed E-state index contributed by atoms with van der Waals surface area (Å²) in [6, 6.07) is 15.0. The smallest absolute Gasteiger partial charge is 0.266 e. The number of rotatable bonds is 6. The summed E-state index contributed by atoms with van der Waals surface area (Å²) >= 11 is 1.59. The van der Waals surface area contributed by atoms with Crippen molar-refractivity contribution >= 4 is 29.0 Å². The van der Waals surface area contributed by atoms with Gasteiger partial charge in [-0.05, 0) is 55.7 Å². The molecule has 5 nitrogen and oxygen atoms in total. The Hall–Kier alpha value is -3.43. The summed E-state index contributed by atoms with van der Waals surface area (Å²) < 4.78 is 5.72. The lowest BCUT2D eigenvalue weighted by Gasteiger charge is -2.11. The molecule has 0 unspecified atom stereocenters. The number of carbonyl (C=O) groups excluding carboxylic acids is 1. The molecule has 6 heteroatoms.